The van der Waals surface area contributed by atoms with Gasteiger partial charge in [-0.3, -0.25) is 4.79 Å². The summed E-state index contributed by atoms with van der Waals surface area (Å²) in [5.41, 5.74) is 8.30. The van der Waals surface area contributed by atoms with Gasteiger partial charge < -0.3 is 15.5 Å². The van der Waals surface area contributed by atoms with Gasteiger partial charge in [-0.15, -0.1) is 10.2 Å². The fraction of sp³-hybridized carbons (Fsp3) is 0.227. The van der Waals surface area contributed by atoms with Crippen molar-refractivity contribution < 1.29 is 13.6 Å². The third kappa shape index (κ3) is 5.24. The Morgan fingerprint density at radius 2 is 2.06 bits per heavy atom. The van der Waals surface area contributed by atoms with Crippen molar-refractivity contribution in [2.24, 2.45) is 0 Å². The van der Waals surface area contributed by atoms with Crippen molar-refractivity contribution in [1.29, 1.82) is 5.26 Å². The molecule has 0 aliphatic carbocycles. The monoisotopic (exact) mass is 465 g/mol. The molecule has 4 aromatic rings. The molecule has 0 saturated carbocycles. The van der Waals surface area contributed by atoms with Crippen LogP contribution in [-0.2, 0) is 17.6 Å². The highest BCUT2D eigenvalue weighted by atomic mass is 32.1. The molecule has 33 heavy (non-hydrogen) atoms. The number of nitrogens with two attached hydrogens (primary N) is 1. The fourth-order valence-electron chi connectivity index (χ4n) is 3.20. The normalized spacial score (nSPS) is 10.8. The number of hydrogen-bond donors (Lipinski definition) is 2. The molecular formula is C22H20FN7O2S. The number of nitriles is 1. The molecule has 0 spiro atoms. The molecule has 1 aromatic carbocycles. The number of rotatable bonds is 9. The smallest absolute Gasteiger partial charge is 0.248 e. The van der Waals surface area contributed by atoms with E-state index in [1.165, 1.54) is 40.3 Å². The van der Waals surface area contributed by atoms with E-state index in [-0.39, 0.29) is 29.5 Å². The maximum atomic E-state index is 13.2. The second-order valence-corrected chi connectivity index (χ2v) is 7.95. The van der Waals surface area contributed by atoms with Gasteiger partial charge in [0.15, 0.2) is 0 Å². The number of nitrogens with one attached hydrogen (secondary N) is 1. The topological polar surface area (TPSA) is 136 Å². The van der Waals surface area contributed by atoms with E-state index in [2.05, 4.69) is 26.7 Å². The Labute approximate surface area is 192 Å². The van der Waals surface area contributed by atoms with Gasteiger partial charge in [-0.05, 0) is 48.6 Å². The van der Waals surface area contributed by atoms with Gasteiger partial charge in [0.2, 0.25) is 17.7 Å². The lowest BCUT2D eigenvalue weighted by atomic mass is 10.1. The molecule has 4 rings (SSSR count). The van der Waals surface area contributed by atoms with E-state index in [1.807, 2.05) is 16.8 Å². The number of benzene rings is 1. The van der Waals surface area contributed by atoms with Crippen LogP contribution in [0.5, 0.6) is 0 Å². The third-order valence-electron chi connectivity index (χ3n) is 4.89. The summed E-state index contributed by atoms with van der Waals surface area (Å²) in [6, 6.07) is 9.64. The summed E-state index contributed by atoms with van der Waals surface area (Å²) in [6.45, 7) is 0.414. The Hall–Kier alpha value is -4.04. The van der Waals surface area contributed by atoms with Gasteiger partial charge in [0.25, 0.3) is 0 Å². The average molecular weight is 466 g/mol. The number of nitrogen functional groups attached to an aromatic ring is 1. The van der Waals surface area contributed by atoms with Gasteiger partial charge in [-0.1, -0.05) is 0 Å². The summed E-state index contributed by atoms with van der Waals surface area (Å²) in [4.78, 5) is 12.1. The lowest BCUT2D eigenvalue weighted by Gasteiger charge is -2.04. The van der Waals surface area contributed by atoms with Crippen LogP contribution in [0.2, 0.25) is 0 Å². The molecule has 168 valence electrons. The first-order valence-corrected chi connectivity index (χ1v) is 11.1. The second kappa shape index (κ2) is 10.1. The Bertz CT molecular complexity index is 1270. The molecule has 0 fully saturated rings. The first-order valence-electron chi connectivity index (χ1n) is 10.2. The van der Waals surface area contributed by atoms with Gasteiger partial charge >= 0.3 is 0 Å². The van der Waals surface area contributed by atoms with Gasteiger partial charge in [0.05, 0.1) is 11.4 Å². The van der Waals surface area contributed by atoms with Gasteiger partial charge in [0.1, 0.15) is 23.3 Å². The van der Waals surface area contributed by atoms with Crippen LogP contribution in [0.15, 0.2) is 45.5 Å². The third-order valence-corrected chi connectivity index (χ3v) is 5.57. The average Bonchev–Trinajstić information content (AvgIpc) is 3.56. The van der Waals surface area contributed by atoms with Crippen molar-refractivity contribution >= 4 is 23.1 Å². The highest BCUT2D eigenvalue weighted by Crippen LogP contribution is 2.22. The minimum atomic E-state index is -0.372. The largest absolute Gasteiger partial charge is 0.421 e. The summed E-state index contributed by atoms with van der Waals surface area (Å²) in [5.74, 6) is 0.542. The number of carbonyl (C=O) groups excluding carboxylic acids is 1. The maximum Gasteiger partial charge on any atom is 0.248 e. The van der Waals surface area contributed by atoms with E-state index < -0.39 is 0 Å². The van der Waals surface area contributed by atoms with Gasteiger partial charge in [-0.2, -0.15) is 21.7 Å². The molecule has 1 amide bonds. The number of nitrogens with zero attached hydrogens (tertiary/aromatic N) is 5. The highest BCUT2D eigenvalue weighted by Gasteiger charge is 2.16. The summed E-state index contributed by atoms with van der Waals surface area (Å²) in [7, 11) is 0. The van der Waals surface area contributed by atoms with E-state index in [0.717, 1.165) is 5.56 Å². The van der Waals surface area contributed by atoms with Crippen LogP contribution in [-0.4, -0.2) is 32.4 Å². The summed E-state index contributed by atoms with van der Waals surface area (Å²) in [5, 5.41) is 28.5. The number of aryl methyl sites for hydroxylation is 2. The molecule has 3 N–H and O–H groups in total. The standard InChI is InChI=1S/C22H20FN7O2S/c23-15-3-5-16(6-4-15)30-21(25)17(12-24)18(29-30)2-1-10-26-19(31)7-8-20-27-28-22(32-20)14-9-11-33-13-14/h3-6,9,11,13H,1-2,7-8,10,25H2,(H,26,31). The summed E-state index contributed by atoms with van der Waals surface area (Å²) >= 11 is 1.54. The lowest BCUT2D eigenvalue weighted by Crippen LogP contribution is -2.25. The van der Waals surface area contributed by atoms with Crippen molar-refractivity contribution in [3.8, 4) is 23.2 Å². The van der Waals surface area contributed by atoms with E-state index in [0.29, 0.717) is 49.0 Å². The van der Waals surface area contributed by atoms with Crippen molar-refractivity contribution in [2.75, 3.05) is 12.3 Å². The molecule has 0 saturated heterocycles. The number of thiophene rings is 1. The van der Waals surface area contributed by atoms with E-state index in [9.17, 15) is 14.4 Å². The molecule has 0 radical (unpaired) electrons. The SMILES string of the molecule is N#Cc1c(CCCNC(=O)CCc2nnc(-c3ccsc3)o2)nn(-c2ccc(F)cc2)c1N. The molecule has 0 bridgehead atoms. The second-order valence-electron chi connectivity index (χ2n) is 7.17. The molecule has 0 unspecified atom stereocenters. The number of amides is 1. The van der Waals surface area contributed by atoms with E-state index in [4.69, 9.17) is 10.2 Å². The number of halogens is 1. The number of aromatic nitrogens is 4. The van der Waals surface area contributed by atoms with Crippen LogP contribution in [0.3, 0.4) is 0 Å². The van der Waals surface area contributed by atoms with Crippen LogP contribution >= 0.6 is 11.3 Å². The zero-order valence-electron chi connectivity index (χ0n) is 17.5. The Kier molecular flexibility index (Phi) is 6.75. The Morgan fingerprint density at radius 1 is 1.24 bits per heavy atom. The van der Waals surface area contributed by atoms with Crippen LogP contribution in [0.1, 0.15) is 30.0 Å². The predicted octanol–water partition coefficient (Wildman–Crippen LogP) is 3.26. The highest BCUT2D eigenvalue weighted by molar-refractivity contribution is 7.08. The molecule has 9 nitrogen and oxygen atoms in total. The van der Waals surface area contributed by atoms with Crippen molar-refractivity contribution in [3.63, 3.8) is 0 Å². The Balaban J connectivity index is 1.26. The predicted molar refractivity (Wildman–Crippen MR) is 120 cm³/mol. The van der Waals surface area contributed by atoms with Crippen LogP contribution in [0.4, 0.5) is 10.2 Å². The van der Waals surface area contributed by atoms with Crippen LogP contribution in [0, 0.1) is 17.1 Å². The Morgan fingerprint density at radius 3 is 2.79 bits per heavy atom. The summed E-state index contributed by atoms with van der Waals surface area (Å²) in [6.07, 6.45) is 1.60. The molecule has 11 heteroatoms. The van der Waals surface area contributed by atoms with Crippen molar-refractivity contribution in [1.82, 2.24) is 25.3 Å². The van der Waals surface area contributed by atoms with Crippen LogP contribution in [0.25, 0.3) is 17.1 Å². The molecular weight excluding hydrogens is 445 g/mol. The minimum absolute atomic E-state index is 0.137. The molecule has 3 heterocycles. The quantitative estimate of drug-likeness (QED) is 0.362. The molecule has 0 aliphatic rings. The number of hydrogen-bond acceptors (Lipinski definition) is 8. The maximum absolute atomic E-state index is 13.2. The lowest BCUT2D eigenvalue weighted by molar-refractivity contribution is -0.121. The first-order chi connectivity index (χ1) is 16.0. The van der Waals surface area contributed by atoms with Gasteiger partial charge in [-0.25, -0.2) is 9.07 Å². The molecule has 3 aromatic heterocycles. The van der Waals surface area contributed by atoms with E-state index >= 15 is 0 Å². The van der Waals surface area contributed by atoms with Crippen molar-refractivity contribution in [3.05, 3.63) is 64.1 Å². The van der Waals surface area contributed by atoms with Crippen LogP contribution < -0.4 is 11.1 Å². The van der Waals surface area contributed by atoms with E-state index in [1.54, 1.807) is 0 Å². The number of carbonyl (C=O) groups is 1. The summed E-state index contributed by atoms with van der Waals surface area (Å²) < 4.78 is 20.2. The van der Waals surface area contributed by atoms with Crippen molar-refractivity contribution in [2.45, 2.75) is 25.7 Å². The first kappa shape index (κ1) is 22.2. The zero-order valence-corrected chi connectivity index (χ0v) is 18.3. The zero-order chi connectivity index (χ0) is 23.2. The fourth-order valence-corrected chi connectivity index (χ4v) is 3.83. The molecule has 0 aliphatic heterocycles. The number of anilines is 1. The minimum Gasteiger partial charge on any atom is -0.421 e. The molecule has 0 atom stereocenters. The van der Waals surface area contributed by atoms with Gasteiger partial charge in [0, 0.05) is 30.3 Å².